The molecule has 0 unspecified atom stereocenters. The summed E-state index contributed by atoms with van der Waals surface area (Å²) >= 11 is 0. The molecule has 2 aromatic heterocycles. The number of nitrogens with zero attached hydrogens (tertiary/aromatic N) is 2. The van der Waals surface area contributed by atoms with Crippen LogP contribution < -0.4 is 10.5 Å². The largest absolute Gasteiger partial charge is 0.490 e. The van der Waals surface area contributed by atoms with Crippen LogP contribution in [0.15, 0.2) is 85.1 Å². The Labute approximate surface area is 199 Å². The third kappa shape index (κ3) is 4.56. The molecule has 5 aromatic rings. The molecule has 0 bridgehead atoms. The zero-order valence-electron chi connectivity index (χ0n) is 19.5. The topological polar surface area (TPSA) is 76.8 Å². The summed E-state index contributed by atoms with van der Waals surface area (Å²) in [6.45, 7) is 4.54. The van der Waals surface area contributed by atoms with Gasteiger partial charge in [0.15, 0.2) is 0 Å². The number of benzene rings is 3. The highest BCUT2D eigenvalue weighted by Crippen LogP contribution is 2.36. The van der Waals surface area contributed by atoms with E-state index >= 15 is 0 Å². The predicted octanol–water partition coefficient (Wildman–Crippen LogP) is 5.86. The number of nitrogens with one attached hydrogen (secondary N) is 1. The second-order valence-corrected chi connectivity index (χ2v) is 8.71. The van der Waals surface area contributed by atoms with Crippen molar-refractivity contribution in [1.29, 1.82) is 0 Å². The summed E-state index contributed by atoms with van der Waals surface area (Å²) in [5, 5.41) is 8.53. The van der Waals surface area contributed by atoms with E-state index in [-0.39, 0.29) is 6.04 Å². The van der Waals surface area contributed by atoms with Crippen LogP contribution in [0.5, 0.6) is 5.75 Å². The van der Waals surface area contributed by atoms with Crippen molar-refractivity contribution in [3.63, 3.8) is 0 Å². The summed E-state index contributed by atoms with van der Waals surface area (Å²) in [6.07, 6.45) is 2.56. The Kier molecular flexibility index (Phi) is 6.11. The van der Waals surface area contributed by atoms with E-state index in [2.05, 4.69) is 65.7 Å². The van der Waals surface area contributed by atoms with Crippen molar-refractivity contribution < 1.29 is 4.74 Å². The van der Waals surface area contributed by atoms with Gasteiger partial charge in [0.25, 0.3) is 0 Å². The Bertz CT molecular complexity index is 1430. The Morgan fingerprint density at radius 1 is 0.912 bits per heavy atom. The fraction of sp³-hybridized carbons (Fsp3) is 0.172. The molecule has 0 aliphatic rings. The summed E-state index contributed by atoms with van der Waals surface area (Å²) < 4.78 is 6.11. The molecule has 3 N–H and O–H groups in total. The summed E-state index contributed by atoms with van der Waals surface area (Å²) in [4.78, 5) is 4.85. The molecule has 3 aromatic carbocycles. The van der Waals surface area contributed by atoms with Crippen LogP contribution >= 0.6 is 0 Å². The number of fused-ring (bicyclic) bond motifs is 1. The summed E-state index contributed by atoms with van der Waals surface area (Å²) in [5.74, 6) is 0.708. The van der Waals surface area contributed by atoms with Gasteiger partial charge in [0.1, 0.15) is 12.4 Å². The van der Waals surface area contributed by atoms with Gasteiger partial charge in [-0.05, 0) is 55.2 Å². The Balaban J connectivity index is 1.48. The number of rotatable bonds is 7. The van der Waals surface area contributed by atoms with Crippen molar-refractivity contribution in [2.24, 2.45) is 5.73 Å². The number of nitrogens with two attached hydrogens (primary N) is 1. The maximum Gasteiger partial charge on any atom is 0.138 e. The van der Waals surface area contributed by atoms with Crippen molar-refractivity contribution >= 4 is 10.9 Å². The highest BCUT2D eigenvalue weighted by molar-refractivity contribution is 5.90. The molecule has 0 radical (unpaired) electrons. The van der Waals surface area contributed by atoms with Gasteiger partial charge < -0.3 is 10.5 Å². The first kappa shape index (κ1) is 21.9. The normalized spacial score (nSPS) is 12.1. The van der Waals surface area contributed by atoms with Gasteiger partial charge in [0.05, 0.1) is 23.1 Å². The number of hydrogen-bond donors (Lipinski definition) is 2. The maximum absolute atomic E-state index is 6.35. The summed E-state index contributed by atoms with van der Waals surface area (Å²) in [6, 6.07) is 26.9. The Morgan fingerprint density at radius 3 is 2.53 bits per heavy atom. The van der Waals surface area contributed by atoms with Gasteiger partial charge >= 0.3 is 0 Å². The molecule has 0 saturated carbocycles. The van der Waals surface area contributed by atoms with E-state index in [4.69, 9.17) is 15.5 Å². The average Bonchev–Trinajstić information content (AvgIpc) is 3.24. The summed E-state index contributed by atoms with van der Waals surface area (Å²) in [7, 11) is 0. The number of aryl methyl sites for hydroxylation is 2. The number of aromatic nitrogens is 3. The smallest absolute Gasteiger partial charge is 0.138 e. The highest BCUT2D eigenvalue weighted by atomic mass is 16.5. The maximum atomic E-state index is 6.35. The van der Waals surface area contributed by atoms with Crippen molar-refractivity contribution in [2.75, 3.05) is 6.61 Å². The minimum Gasteiger partial charge on any atom is -0.490 e. The quantitative estimate of drug-likeness (QED) is 0.327. The molecule has 5 heteroatoms. The van der Waals surface area contributed by atoms with E-state index in [1.807, 2.05) is 37.3 Å². The number of ether oxygens (including phenoxy) is 1. The molecule has 170 valence electrons. The predicted molar refractivity (Wildman–Crippen MR) is 138 cm³/mol. The van der Waals surface area contributed by atoms with Crippen LogP contribution in [0.25, 0.3) is 33.3 Å². The van der Waals surface area contributed by atoms with Crippen molar-refractivity contribution in [1.82, 2.24) is 15.2 Å². The highest BCUT2D eigenvalue weighted by Gasteiger charge is 2.15. The van der Waals surface area contributed by atoms with E-state index in [1.54, 1.807) is 6.20 Å². The minimum absolute atomic E-state index is 0.105. The first-order chi connectivity index (χ1) is 16.6. The fourth-order valence-corrected chi connectivity index (χ4v) is 4.29. The lowest BCUT2D eigenvalue weighted by Gasteiger charge is -2.16. The number of aromatic amines is 1. The second-order valence-electron chi connectivity index (χ2n) is 8.71. The molecule has 1 atom stereocenters. The molecule has 0 aliphatic carbocycles. The van der Waals surface area contributed by atoms with Crippen molar-refractivity contribution in [3.8, 4) is 28.1 Å². The Hall–Kier alpha value is -3.96. The van der Waals surface area contributed by atoms with E-state index < -0.39 is 0 Å². The zero-order valence-corrected chi connectivity index (χ0v) is 19.5. The van der Waals surface area contributed by atoms with Crippen LogP contribution in [0, 0.1) is 13.8 Å². The first-order valence-electron chi connectivity index (χ1n) is 11.5. The molecule has 0 saturated heterocycles. The van der Waals surface area contributed by atoms with Crippen LogP contribution in [-0.4, -0.2) is 27.8 Å². The van der Waals surface area contributed by atoms with Gasteiger partial charge in [-0.25, -0.2) is 0 Å². The van der Waals surface area contributed by atoms with Gasteiger partial charge in [0.2, 0.25) is 0 Å². The lowest BCUT2D eigenvalue weighted by Crippen LogP contribution is -2.30. The first-order valence-corrected chi connectivity index (χ1v) is 11.5. The molecular weight excluding hydrogens is 420 g/mol. The molecule has 5 nitrogen and oxygen atoms in total. The molecule has 0 amide bonds. The lowest BCUT2D eigenvalue weighted by molar-refractivity contribution is 0.287. The number of pyridine rings is 1. The van der Waals surface area contributed by atoms with E-state index in [9.17, 15) is 0 Å². The van der Waals surface area contributed by atoms with Crippen LogP contribution in [0.1, 0.15) is 16.8 Å². The molecule has 0 spiro atoms. The van der Waals surface area contributed by atoms with Crippen LogP contribution in [0.2, 0.25) is 0 Å². The lowest BCUT2D eigenvalue weighted by atomic mass is 9.95. The van der Waals surface area contributed by atoms with Crippen molar-refractivity contribution in [2.45, 2.75) is 26.3 Å². The Morgan fingerprint density at radius 2 is 1.71 bits per heavy atom. The van der Waals surface area contributed by atoms with Crippen LogP contribution in [-0.2, 0) is 6.42 Å². The van der Waals surface area contributed by atoms with Gasteiger partial charge in [-0.2, -0.15) is 5.10 Å². The molecule has 0 fully saturated rings. The third-order valence-corrected chi connectivity index (χ3v) is 6.13. The fourth-order valence-electron chi connectivity index (χ4n) is 4.29. The van der Waals surface area contributed by atoms with E-state index in [1.165, 1.54) is 11.1 Å². The standard InChI is InChI=1S/C29H28N4O/c1-19-8-6-7-11-25(19)29-27(22-12-13-28-26(15-22)20(2)32-33-28)16-24(17-31-29)34-18-23(30)14-21-9-4-3-5-10-21/h3-13,15-17,23H,14,18,30H2,1-2H3,(H,32,33)/t23-/m0/s1. The number of hydrogen-bond acceptors (Lipinski definition) is 4. The number of H-pyrrole nitrogens is 1. The van der Waals surface area contributed by atoms with E-state index in [0.717, 1.165) is 45.4 Å². The van der Waals surface area contributed by atoms with Gasteiger partial charge in [-0.1, -0.05) is 60.7 Å². The zero-order chi connectivity index (χ0) is 23.5. The minimum atomic E-state index is -0.105. The van der Waals surface area contributed by atoms with Crippen molar-refractivity contribution in [3.05, 3.63) is 102 Å². The molecule has 5 rings (SSSR count). The summed E-state index contributed by atoms with van der Waals surface area (Å²) in [5.41, 5.74) is 14.9. The van der Waals surface area contributed by atoms with Gasteiger partial charge in [-0.15, -0.1) is 0 Å². The molecule has 2 heterocycles. The average molecular weight is 449 g/mol. The molecular formula is C29H28N4O. The molecule has 34 heavy (non-hydrogen) atoms. The van der Waals surface area contributed by atoms with E-state index in [0.29, 0.717) is 12.4 Å². The monoisotopic (exact) mass is 448 g/mol. The SMILES string of the molecule is Cc1ccccc1-c1ncc(OC[C@@H](N)Cc2ccccc2)cc1-c1ccc2[nH]nc(C)c2c1. The molecule has 0 aliphatic heterocycles. The second kappa shape index (κ2) is 9.49. The van der Waals surface area contributed by atoms with Gasteiger partial charge in [-0.3, -0.25) is 10.1 Å². The van der Waals surface area contributed by atoms with Gasteiger partial charge in [0, 0.05) is 22.6 Å². The third-order valence-electron chi connectivity index (χ3n) is 6.13. The van der Waals surface area contributed by atoms with Crippen LogP contribution in [0.4, 0.5) is 0 Å². The van der Waals surface area contributed by atoms with Crippen LogP contribution in [0.3, 0.4) is 0 Å².